The Bertz CT molecular complexity index is 323. The molecule has 0 aromatic carbocycles. The number of rotatable bonds is 7. The van der Waals surface area contributed by atoms with Gasteiger partial charge in [0.2, 0.25) is 0 Å². The summed E-state index contributed by atoms with van der Waals surface area (Å²) in [5.74, 6) is -0.840. The van der Waals surface area contributed by atoms with Gasteiger partial charge in [0.1, 0.15) is 0 Å². The summed E-state index contributed by atoms with van der Waals surface area (Å²) in [6.07, 6.45) is 6.50. The van der Waals surface area contributed by atoms with Crippen LogP contribution in [0.2, 0.25) is 0 Å². The molecule has 1 rings (SSSR count). The van der Waals surface area contributed by atoms with E-state index < -0.39 is 5.91 Å². The van der Waals surface area contributed by atoms with Crippen LogP contribution in [0, 0.1) is 0 Å². The predicted molar refractivity (Wildman–Crippen MR) is 85.1 cm³/mol. The maximum Gasteiger partial charge on any atom is 0.311 e. The maximum atomic E-state index is 12.1. The highest BCUT2D eigenvalue weighted by atomic mass is 16.2. The van der Waals surface area contributed by atoms with Crippen molar-refractivity contribution in [3.63, 3.8) is 0 Å². The Labute approximate surface area is 129 Å². The van der Waals surface area contributed by atoms with E-state index in [4.69, 9.17) is 0 Å². The van der Waals surface area contributed by atoms with Crippen LogP contribution < -0.4 is 5.32 Å². The van der Waals surface area contributed by atoms with Crippen molar-refractivity contribution in [3.05, 3.63) is 0 Å². The van der Waals surface area contributed by atoms with Gasteiger partial charge < -0.3 is 15.1 Å². The predicted octanol–water partition coefficient (Wildman–Crippen LogP) is 1.63. The third-order valence-electron chi connectivity index (χ3n) is 4.47. The van der Waals surface area contributed by atoms with Gasteiger partial charge in [-0.1, -0.05) is 33.1 Å². The van der Waals surface area contributed by atoms with Crippen molar-refractivity contribution >= 4 is 11.8 Å². The van der Waals surface area contributed by atoms with E-state index in [1.165, 1.54) is 6.42 Å². The first-order valence-corrected chi connectivity index (χ1v) is 8.37. The van der Waals surface area contributed by atoms with Gasteiger partial charge in [-0.25, -0.2) is 0 Å². The summed E-state index contributed by atoms with van der Waals surface area (Å²) in [4.78, 5) is 27.9. The molecule has 0 radical (unpaired) electrons. The Balaban J connectivity index is 2.25. The fraction of sp³-hybridized carbons (Fsp3) is 0.875. The lowest BCUT2D eigenvalue weighted by Crippen LogP contribution is -2.46. The lowest BCUT2D eigenvalue weighted by molar-refractivity contribution is -0.146. The molecule has 1 saturated carbocycles. The van der Waals surface area contributed by atoms with Crippen LogP contribution in [0.4, 0.5) is 0 Å². The highest BCUT2D eigenvalue weighted by Gasteiger charge is 2.26. The number of carbonyl (C=O) groups excluding carboxylic acids is 2. The number of carbonyl (C=O) groups is 2. The van der Waals surface area contributed by atoms with Crippen LogP contribution in [0.1, 0.15) is 52.4 Å². The molecule has 2 amide bonds. The van der Waals surface area contributed by atoms with Crippen LogP contribution in [0.5, 0.6) is 0 Å². The zero-order valence-electron chi connectivity index (χ0n) is 13.9. The summed E-state index contributed by atoms with van der Waals surface area (Å²) in [7, 11) is 1.76. The second kappa shape index (κ2) is 9.77. The Morgan fingerprint density at radius 1 is 1.10 bits per heavy atom. The number of nitrogens with one attached hydrogen (secondary N) is 1. The Morgan fingerprint density at radius 2 is 1.71 bits per heavy atom. The molecule has 1 N–H and O–H groups in total. The van der Waals surface area contributed by atoms with Crippen molar-refractivity contribution in [2.75, 3.05) is 33.2 Å². The molecule has 0 unspecified atom stereocenters. The number of likely N-dealkylation sites (N-methyl/N-ethyl adjacent to an activating group) is 1. The molecule has 1 fully saturated rings. The molecule has 122 valence electrons. The molecule has 0 aromatic heterocycles. The first-order valence-electron chi connectivity index (χ1n) is 8.37. The molecular formula is C16H31N3O2. The standard InChI is InChI=1S/C16H31N3O2/c1-4-19(5-2)13-9-12-17-15(20)16(21)18(3)14-10-7-6-8-11-14/h14H,4-13H2,1-3H3,(H,17,20). The lowest BCUT2D eigenvalue weighted by Gasteiger charge is -2.30. The van der Waals surface area contributed by atoms with E-state index in [1.807, 2.05) is 0 Å². The summed E-state index contributed by atoms with van der Waals surface area (Å²) in [6.45, 7) is 7.83. The molecule has 0 saturated heterocycles. The summed E-state index contributed by atoms with van der Waals surface area (Å²) in [5.41, 5.74) is 0. The minimum Gasteiger partial charge on any atom is -0.348 e. The van der Waals surface area contributed by atoms with Gasteiger partial charge >= 0.3 is 11.8 Å². The molecule has 5 nitrogen and oxygen atoms in total. The van der Waals surface area contributed by atoms with Crippen LogP contribution in [0.15, 0.2) is 0 Å². The molecule has 0 aromatic rings. The summed E-state index contributed by atoms with van der Waals surface area (Å²) in [6, 6.07) is 0.243. The third-order valence-corrected chi connectivity index (χ3v) is 4.47. The SMILES string of the molecule is CCN(CC)CCCNC(=O)C(=O)N(C)C1CCCCC1. The van der Waals surface area contributed by atoms with E-state index in [0.717, 1.165) is 51.7 Å². The first kappa shape index (κ1) is 18.0. The fourth-order valence-corrected chi connectivity index (χ4v) is 2.91. The summed E-state index contributed by atoms with van der Waals surface area (Å²) in [5, 5.41) is 2.75. The molecule has 1 aliphatic carbocycles. The molecule has 21 heavy (non-hydrogen) atoms. The number of amides is 2. The molecular weight excluding hydrogens is 266 g/mol. The molecule has 0 aliphatic heterocycles. The average Bonchev–Trinajstić information content (AvgIpc) is 2.54. The second-order valence-electron chi connectivity index (χ2n) is 5.84. The summed E-state index contributed by atoms with van der Waals surface area (Å²) >= 11 is 0. The van der Waals surface area contributed by atoms with Gasteiger partial charge in [0.05, 0.1) is 0 Å². The van der Waals surface area contributed by atoms with Gasteiger partial charge in [-0.2, -0.15) is 0 Å². The normalized spacial score (nSPS) is 16.0. The third kappa shape index (κ3) is 6.04. The van der Waals surface area contributed by atoms with Crippen molar-refractivity contribution < 1.29 is 9.59 Å². The van der Waals surface area contributed by atoms with Gasteiger partial charge in [0.25, 0.3) is 0 Å². The van der Waals surface area contributed by atoms with Gasteiger partial charge in [-0.15, -0.1) is 0 Å². The highest BCUT2D eigenvalue weighted by molar-refractivity contribution is 6.35. The molecule has 0 bridgehead atoms. The first-order chi connectivity index (χ1) is 10.1. The fourth-order valence-electron chi connectivity index (χ4n) is 2.91. The van der Waals surface area contributed by atoms with Crippen LogP contribution in [0.25, 0.3) is 0 Å². The zero-order valence-corrected chi connectivity index (χ0v) is 13.9. The zero-order chi connectivity index (χ0) is 15.7. The highest BCUT2D eigenvalue weighted by Crippen LogP contribution is 2.21. The van der Waals surface area contributed by atoms with Crippen LogP contribution >= 0.6 is 0 Å². The van der Waals surface area contributed by atoms with E-state index >= 15 is 0 Å². The van der Waals surface area contributed by atoms with Gasteiger partial charge in [-0.3, -0.25) is 9.59 Å². The van der Waals surface area contributed by atoms with Gasteiger partial charge in [0.15, 0.2) is 0 Å². The molecule has 1 aliphatic rings. The number of hydrogen-bond donors (Lipinski definition) is 1. The largest absolute Gasteiger partial charge is 0.348 e. The van der Waals surface area contributed by atoms with E-state index in [0.29, 0.717) is 6.54 Å². The van der Waals surface area contributed by atoms with E-state index in [2.05, 4.69) is 24.1 Å². The van der Waals surface area contributed by atoms with Crippen molar-refractivity contribution in [2.24, 2.45) is 0 Å². The minimum atomic E-state index is -0.456. The quantitative estimate of drug-likeness (QED) is 0.574. The Morgan fingerprint density at radius 3 is 2.29 bits per heavy atom. The van der Waals surface area contributed by atoms with E-state index in [9.17, 15) is 9.59 Å². The van der Waals surface area contributed by atoms with Crippen molar-refractivity contribution in [3.8, 4) is 0 Å². The minimum absolute atomic E-state index is 0.243. The van der Waals surface area contributed by atoms with Crippen LogP contribution in [-0.4, -0.2) is 60.9 Å². The molecule has 0 heterocycles. The van der Waals surface area contributed by atoms with Crippen molar-refractivity contribution in [1.82, 2.24) is 15.1 Å². The van der Waals surface area contributed by atoms with Gasteiger partial charge in [0, 0.05) is 19.6 Å². The van der Waals surface area contributed by atoms with Crippen LogP contribution in [0.3, 0.4) is 0 Å². The van der Waals surface area contributed by atoms with Crippen molar-refractivity contribution in [1.29, 1.82) is 0 Å². The summed E-state index contributed by atoms with van der Waals surface area (Å²) < 4.78 is 0. The van der Waals surface area contributed by atoms with E-state index in [-0.39, 0.29) is 11.9 Å². The monoisotopic (exact) mass is 297 g/mol. The number of hydrogen-bond acceptors (Lipinski definition) is 3. The molecule has 0 atom stereocenters. The lowest BCUT2D eigenvalue weighted by atomic mass is 9.94. The van der Waals surface area contributed by atoms with E-state index in [1.54, 1.807) is 11.9 Å². The van der Waals surface area contributed by atoms with Gasteiger partial charge in [-0.05, 0) is 38.9 Å². The van der Waals surface area contributed by atoms with Crippen LogP contribution in [-0.2, 0) is 9.59 Å². The second-order valence-corrected chi connectivity index (χ2v) is 5.84. The molecule has 5 heteroatoms. The smallest absolute Gasteiger partial charge is 0.311 e. The number of nitrogens with zero attached hydrogens (tertiary/aromatic N) is 2. The average molecular weight is 297 g/mol. The van der Waals surface area contributed by atoms with Crippen molar-refractivity contribution in [2.45, 2.75) is 58.4 Å². The molecule has 0 spiro atoms. The topological polar surface area (TPSA) is 52.7 Å². The Hall–Kier alpha value is -1.10. The Kier molecular flexibility index (Phi) is 8.35. The maximum absolute atomic E-state index is 12.1.